The van der Waals surface area contributed by atoms with Crippen molar-refractivity contribution in [1.29, 1.82) is 0 Å². The number of nitrogens with zero attached hydrogens (tertiary/aromatic N) is 3. The predicted octanol–water partition coefficient (Wildman–Crippen LogP) is 2.48. The summed E-state index contributed by atoms with van der Waals surface area (Å²) >= 11 is 6.10. The minimum Gasteiger partial charge on any atom is -0.369 e. The predicted molar refractivity (Wildman–Crippen MR) is 98.3 cm³/mol. The fourth-order valence-electron chi connectivity index (χ4n) is 3.64. The maximum atomic E-state index is 12.0. The average Bonchev–Trinajstić information content (AvgIpc) is 2.62. The van der Waals surface area contributed by atoms with Gasteiger partial charge < -0.3 is 9.80 Å². The van der Waals surface area contributed by atoms with Crippen LogP contribution in [0.3, 0.4) is 0 Å². The molecule has 1 amide bonds. The summed E-state index contributed by atoms with van der Waals surface area (Å²) < 4.78 is 0. The van der Waals surface area contributed by atoms with E-state index in [1.165, 1.54) is 12.1 Å². The normalized spacial score (nSPS) is 22.0. The third kappa shape index (κ3) is 4.03. The highest BCUT2D eigenvalue weighted by atomic mass is 35.5. The second-order valence-corrected chi connectivity index (χ2v) is 6.86. The van der Waals surface area contributed by atoms with Gasteiger partial charge >= 0.3 is 0 Å². The van der Waals surface area contributed by atoms with Gasteiger partial charge in [-0.3, -0.25) is 9.69 Å². The standard InChI is InChI=1S/C19H24ClN3O/c1-2-5-19(24)23-9-4-8-18(15-23)22-12-10-21(11-13-22)17-7-3-6-16(20)14-17/h3,6-7,14,18H,4,8-13,15H2,1H3/t18-/m1/s1. The van der Waals surface area contributed by atoms with E-state index in [0.29, 0.717) is 6.04 Å². The molecular weight excluding hydrogens is 322 g/mol. The van der Waals surface area contributed by atoms with Crippen LogP contribution in [0.1, 0.15) is 19.8 Å². The molecule has 4 nitrogen and oxygen atoms in total. The van der Waals surface area contributed by atoms with Crippen molar-refractivity contribution >= 4 is 23.2 Å². The van der Waals surface area contributed by atoms with Crippen LogP contribution in [0.25, 0.3) is 0 Å². The summed E-state index contributed by atoms with van der Waals surface area (Å²) in [6, 6.07) is 8.52. The minimum absolute atomic E-state index is 0.0280. The first kappa shape index (κ1) is 17.1. The largest absolute Gasteiger partial charge is 0.369 e. The van der Waals surface area contributed by atoms with E-state index in [-0.39, 0.29) is 5.91 Å². The van der Waals surface area contributed by atoms with E-state index >= 15 is 0 Å². The first-order chi connectivity index (χ1) is 11.7. The third-order valence-electron chi connectivity index (χ3n) is 4.92. The average molecular weight is 346 g/mol. The van der Waals surface area contributed by atoms with Crippen LogP contribution in [-0.4, -0.2) is 61.0 Å². The quantitative estimate of drug-likeness (QED) is 0.770. The van der Waals surface area contributed by atoms with Crippen LogP contribution >= 0.6 is 11.6 Å². The SMILES string of the molecule is CC#CC(=O)N1CCC[C@@H](N2CCN(c3cccc(Cl)c3)CC2)C1. The Bertz CT molecular complexity index is 644. The zero-order valence-electron chi connectivity index (χ0n) is 14.2. The summed E-state index contributed by atoms with van der Waals surface area (Å²) in [7, 11) is 0. The van der Waals surface area contributed by atoms with Crippen molar-refractivity contribution in [2.75, 3.05) is 44.2 Å². The highest BCUT2D eigenvalue weighted by molar-refractivity contribution is 6.30. The number of piperazine rings is 1. The zero-order valence-corrected chi connectivity index (χ0v) is 14.9. The van der Waals surface area contributed by atoms with Crippen LogP contribution in [0.4, 0.5) is 5.69 Å². The van der Waals surface area contributed by atoms with Crippen LogP contribution < -0.4 is 4.90 Å². The summed E-state index contributed by atoms with van der Waals surface area (Å²) in [4.78, 5) is 18.8. The van der Waals surface area contributed by atoms with Crippen LogP contribution in [0.2, 0.25) is 5.02 Å². The molecule has 2 heterocycles. The second-order valence-electron chi connectivity index (χ2n) is 6.43. The Labute approximate surface area is 149 Å². The molecule has 2 aliphatic heterocycles. The summed E-state index contributed by atoms with van der Waals surface area (Å²) in [5.41, 5.74) is 1.20. The maximum absolute atomic E-state index is 12.0. The number of rotatable bonds is 2. The Kier molecular flexibility index (Phi) is 5.65. The van der Waals surface area contributed by atoms with Gasteiger partial charge in [-0.05, 0) is 43.9 Å². The molecule has 1 aromatic rings. The fourth-order valence-corrected chi connectivity index (χ4v) is 3.83. The number of halogens is 1. The number of hydrogen-bond acceptors (Lipinski definition) is 3. The Morgan fingerprint density at radius 3 is 2.71 bits per heavy atom. The van der Waals surface area contributed by atoms with E-state index in [1.807, 2.05) is 23.1 Å². The molecular formula is C19H24ClN3O. The number of carbonyl (C=O) groups excluding carboxylic acids is 1. The van der Waals surface area contributed by atoms with Crippen LogP contribution in [0, 0.1) is 11.8 Å². The van der Waals surface area contributed by atoms with Crippen molar-refractivity contribution in [3.8, 4) is 11.8 Å². The molecule has 0 aliphatic carbocycles. The van der Waals surface area contributed by atoms with Crippen molar-refractivity contribution in [2.24, 2.45) is 0 Å². The smallest absolute Gasteiger partial charge is 0.298 e. The van der Waals surface area contributed by atoms with E-state index in [4.69, 9.17) is 11.6 Å². The van der Waals surface area contributed by atoms with Gasteiger partial charge in [-0.25, -0.2) is 0 Å². The molecule has 2 aliphatic rings. The molecule has 0 spiro atoms. The van der Waals surface area contributed by atoms with Crippen LogP contribution in [0.5, 0.6) is 0 Å². The van der Waals surface area contributed by atoms with E-state index in [9.17, 15) is 4.79 Å². The number of hydrogen-bond donors (Lipinski definition) is 0. The van der Waals surface area contributed by atoms with Crippen molar-refractivity contribution < 1.29 is 4.79 Å². The van der Waals surface area contributed by atoms with Gasteiger partial charge in [0.15, 0.2) is 0 Å². The van der Waals surface area contributed by atoms with Crippen molar-refractivity contribution in [2.45, 2.75) is 25.8 Å². The van der Waals surface area contributed by atoms with Gasteiger partial charge in [0.2, 0.25) is 0 Å². The molecule has 3 rings (SSSR count). The summed E-state index contributed by atoms with van der Waals surface area (Å²) in [6.07, 6.45) is 2.23. The van der Waals surface area contributed by atoms with Crippen molar-refractivity contribution in [3.05, 3.63) is 29.3 Å². The maximum Gasteiger partial charge on any atom is 0.298 e. The van der Waals surface area contributed by atoms with Gasteiger partial charge in [0.1, 0.15) is 0 Å². The molecule has 1 atom stereocenters. The Morgan fingerprint density at radius 1 is 1.21 bits per heavy atom. The lowest BCUT2D eigenvalue weighted by atomic mass is 10.0. The Morgan fingerprint density at radius 2 is 2.00 bits per heavy atom. The van der Waals surface area contributed by atoms with Gasteiger partial charge in [0.25, 0.3) is 5.91 Å². The number of benzene rings is 1. The van der Waals surface area contributed by atoms with Gasteiger partial charge in [0.05, 0.1) is 0 Å². The molecule has 0 bridgehead atoms. The van der Waals surface area contributed by atoms with Gasteiger partial charge in [-0.1, -0.05) is 23.6 Å². The van der Waals surface area contributed by atoms with E-state index < -0.39 is 0 Å². The van der Waals surface area contributed by atoms with E-state index in [2.05, 4.69) is 27.7 Å². The number of piperidine rings is 1. The Hall–Kier alpha value is -1.70. The van der Waals surface area contributed by atoms with Crippen molar-refractivity contribution in [3.63, 3.8) is 0 Å². The van der Waals surface area contributed by atoms with Crippen molar-refractivity contribution in [1.82, 2.24) is 9.80 Å². The first-order valence-electron chi connectivity index (χ1n) is 8.63. The van der Waals surface area contributed by atoms with Gasteiger partial charge in [-0.2, -0.15) is 0 Å². The van der Waals surface area contributed by atoms with E-state index in [0.717, 1.165) is 50.7 Å². The molecule has 128 valence electrons. The number of amides is 1. The topological polar surface area (TPSA) is 26.8 Å². The molecule has 0 aromatic heterocycles. The molecule has 2 fully saturated rings. The number of likely N-dealkylation sites (tertiary alicyclic amines) is 1. The highest BCUT2D eigenvalue weighted by Crippen LogP contribution is 2.23. The molecule has 0 unspecified atom stereocenters. The molecule has 1 aromatic carbocycles. The second kappa shape index (κ2) is 7.92. The minimum atomic E-state index is -0.0280. The van der Waals surface area contributed by atoms with Crippen LogP contribution in [0.15, 0.2) is 24.3 Å². The molecule has 24 heavy (non-hydrogen) atoms. The Balaban J connectivity index is 1.56. The van der Waals surface area contributed by atoms with Crippen LogP contribution in [-0.2, 0) is 4.79 Å². The van der Waals surface area contributed by atoms with Gasteiger partial charge in [-0.15, -0.1) is 0 Å². The summed E-state index contributed by atoms with van der Waals surface area (Å²) in [6.45, 7) is 7.42. The third-order valence-corrected chi connectivity index (χ3v) is 5.15. The van der Waals surface area contributed by atoms with E-state index in [1.54, 1.807) is 6.92 Å². The number of anilines is 1. The lowest BCUT2D eigenvalue weighted by Gasteiger charge is -2.43. The molecule has 0 N–H and O–H groups in total. The highest BCUT2D eigenvalue weighted by Gasteiger charge is 2.29. The number of carbonyl (C=O) groups is 1. The monoisotopic (exact) mass is 345 g/mol. The first-order valence-corrected chi connectivity index (χ1v) is 9.01. The fraction of sp³-hybridized carbons (Fsp3) is 0.526. The lowest BCUT2D eigenvalue weighted by Crippen LogP contribution is -2.55. The van der Waals surface area contributed by atoms with Gasteiger partial charge in [0, 0.05) is 56.0 Å². The zero-order chi connectivity index (χ0) is 16.9. The summed E-state index contributed by atoms with van der Waals surface area (Å²) in [5.74, 6) is 5.36. The lowest BCUT2D eigenvalue weighted by molar-refractivity contribution is -0.127. The molecule has 5 heteroatoms. The molecule has 0 saturated carbocycles. The molecule has 0 radical (unpaired) electrons. The molecule has 2 saturated heterocycles. The summed E-state index contributed by atoms with van der Waals surface area (Å²) in [5, 5.41) is 0.786.